The number of hydrogen-bond donors (Lipinski definition) is 1. The molecule has 4 heteroatoms. The van der Waals surface area contributed by atoms with Crippen LogP contribution in [-0.2, 0) is 4.79 Å². The van der Waals surface area contributed by atoms with Crippen molar-refractivity contribution in [2.45, 2.75) is 51.0 Å². The summed E-state index contributed by atoms with van der Waals surface area (Å²) in [5.74, 6) is 0.364. The molecule has 2 rings (SSSR count). The number of likely N-dealkylation sites (tertiary alicyclic amines) is 2. The molecule has 0 spiro atoms. The molecule has 0 bridgehead atoms. The zero-order chi connectivity index (χ0) is 12.8. The number of rotatable bonds is 4. The molecule has 0 aromatic carbocycles. The lowest BCUT2D eigenvalue weighted by molar-refractivity contribution is -0.132. The summed E-state index contributed by atoms with van der Waals surface area (Å²) < 4.78 is 0. The Hall–Kier alpha value is -0.610. The minimum Gasteiger partial charge on any atom is -0.343 e. The van der Waals surface area contributed by atoms with Crippen LogP contribution < -0.4 is 5.73 Å². The molecule has 0 aliphatic carbocycles. The van der Waals surface area contributed by atoms with Crippen molar-refractivity contribution in [3.05, 3.63) is 0 Å². The zero-order valence-electron chi connectivity index (χ0n) is 11.4. The first-order valence-electron chi connectivity index (χ1n) is 7.51. The highest BCUT2D eigenvalue weighted by molar-refractivity contribution is 5.76. The molecule has 0 atom stereocenters. The van der Waals surface area contributed by atoms with Crippen LogP contribution in [0, 0.1) is 0 Å². The van der Waals surface area contributed by atoms with E-state index in [1.54, 1.807) is 0 Å². The molecule has 0 aromatic heterocycles. The second-order valence-corrected chi connectivity index (χ2v) is 5.72. The topological polar surface area (TPSA) is 49.6 Å². The fourth-order valence-corrected chi connectivity index (χ4v) is 2.93. The number of carbonyl (C=O) groups is 1. The minimum absolute atomic E-state index is 0.364. The van der Waals surface area contributed by atoms with Gasteiger partial charge in [0.1, 0.15) is 0 Å². The number of nitrogens with two attached hydrogens (primary N) is 1. The lowest BCUT2D eigenvalue weighted by Crippen LogP contribution is -2.40. The summed E-state index contributed by atoms with van der Waals surface area (Å²) in [6.45, 7) is 5.25. The van der Waals surface area contributed by atoms with Crippen molar-refractivity contribution in [2.75, 3.05) is 32.7 Å². The van der Waals surface area contributed by atoms with Crippen LogP contribution in [0.4, 0.5) is 0 Å². The lowest BCUT2D eigenvalue weighted by atomic mass is 10.1. The van der Waals surface area contributed by atoms with E-state index in [1.165, 1.54) is 19.3 Å². The van der Waals surface area contributed by atoms with E-state index >= 15 is 0 Å². The summed E-state index contributed by atoms with van der Waals surface area (Å²) in [5, 5.41) is 0. The summed E-state index contributed by atoms with van der Waals surface area (Å²) in [7, 11) is 0. The van der Waals surface area contributed by atoms with Gasteiger partial charge in [-0.25, -0.2) is 0 Å². The highest BCUT2D eigenvalue weighted by atomic mass is 16.2. The normalized spacial score (nSPS) is 23.3. The van der Waals surface area contributed by atoms with Crippen molar-refractivity contribution < 1.29 is 4.79 Å². The lowest BCUT2D eigenvalue weighted by Gasteiger charge is -2.30. The van der Waals surface area contributed by atoms with E-state index in [4.69, 9.17) is 5.73 Å². The molecule has 0 aromatic rings. The molecule has 2 N–H and O–H groups in total. The van der Waals surface area contributed by atoms with Gasteiger partial charge in [-0.05, 0) is 58.2 Å². The highest BCUT2D eigenvalue weighted by Crippen LogP contribution is 2.12. The summed E-state index contributed by atoms with van der Waals surface area (Å²) in [5.41, 5.74) is 5.88. The Labute approximate surface area is 110 Å². The van der Waals surface area contributed by atoms with Crippen LogP contribution in [0.2, 0.25) is 0 Å². The van der Waals surface area contributed by atoms with Crippen molar-refractivity contribution in [1.82, 2.24) is 9.80 Å². The average molecular weight is 253 g/mol. The first kappa shape index (κ1) is 13.8. The summed E-state index contributed by atoms with van der Waals surface area (Å²) >= 11 is 0. The molecule has 2 heterocycles. The third-order valence-corrected chi connectivity index (χ3v) is 4.21. The van der Waals surface area contributed by atoms with Gasteiger partial charge in [-0.3, -0.25) is 4.79 Å². The molecule has 2 aliphatic heterocycles. The van der Waals surface area contributed by atoms with Crippen LogP contribution >= 0.6 is 0 Å². The van der Waals surface area contributed by atoms with Gasteiger partial charge in [-0.15, -0.1) is 0 Å². The molecule has 0 radical (unpaired) electrons. The van der Waals surface area contributed by atoms with Gasteiger partial charge in [0.05, 0.1) is 0 Å². The van der Waals surface area contributed by atoms with Gasteiger partial charge in [0.25, 0.3) is 0 Å². The van der Waals surface area contributed by atoms with Gasteiger partial charge in [0.15, 0.2) is 0 Å². The fraction of sp³-hybridized carbons (Fsp3) is 0.929. The first-order chi connectivity index (χ1) is 8.75. The van der Waals surface area contributed by atoms with Crippen LogP contribution in [0.5, 0.6) is 0 Å². The summed E-state index contributed by atoms with van der Waals surface area (Å²) in [6, 6.07) is 0.399. The van der Waals surface area contributed by atoms with Crippen LogP contribution in [0.1, 0.15) is 44.9 Å². The standard InChI is InChI=1S/C14H27N3O/c15-13-6-11-16(12-7-13)8-4-5-14(18)17-9-2-1-3-10-17/h13H,1-12,15H2. The highest BCUT2D eigenvalue weighted by Gasteiger charge is 2.18. The Morgan fingerprint density at radius 3 is 2.39 bits per heavy atom. The number of piperidine rings is 2. The van der Waals surface area contributed by atoms with Crippen LogP contribution in [0.15, 0.2) is 0 Å². The Bertz CT molecular complexity index is 256. The summed E-state index contributed by atoms with van der Waals surface area (Å²) in [4.78, 5) is 16.5. The largest absolute Gasteiger partial charge is 0.343 e. The van der Waals surface area contributed by atoms with E-state index in [1.807, 2.05) is 0 Å². The number of amides is 1. The van der Waals surface area contributed by atoms with Gasteiger partial charge < -0.3 is 15.5 Å². The molecule has 4 nitrogen and oxygen atoms in total. The Morgan fingerprint density at radius 2 is 1.72 bits per heavy atom. The number of hydrogen-bond acceptors (Lipinski definition) is 3. The molecule has 2 saturated heterocycles. The SMILES string of the molecule is NC1CCN(CCCC(=O)N2CCCCC2)CC1. The predicted molar refractivity (Wildman–Crippen MR) is 73.3 cm³/mol. The molecule has 0 unspecified atom stereocenters. The van der Waals surface area contributed by atoms with Crippen molar-refractivity contribution in [1.29, 1.82) is 0 Å². The maximum atomic E-state index is 12.0. The summed E-state index contributed by atoms with van der Waals surface area (Å²) in [6.07, 6.45) is 7.62. The van der Waals surface area contributed by atoms with E-state index in [9.17, 15) is 4.79 Å². The van der Waals surface area contributed by atoms with Gasteiger partial charge in [0.2, 0.25) is 5.91 Å². The average Bonchev–Trinajstić information content (AvgIpc) is 2.42. The van der Waals surface area contributed by atoms with E-state index in [0.29, 0.717) is 11.9 Å². The van der Waals surface area contributed by atoms with Crippen molar-refractivity contribution in [2.24, 2.45) is 5.73 Å². The van der Waals surface area contributed by atoms with Gasteiger partial charge >= 0.3 is 0 Å². The molecule has 1 amide bonds. The Morgan fingerprint density at radius 1 is 1.06 bits per heavy atom. The Balaban J connectivity index is 1.58. The second-order valence-electron chi connectivity index (χ2n) is 5.72. The minimum atomic E-state index is 0.364. The van der Waals surface area contributed by atoms with Gasteiger partial charge in [0, 0.05) is 25.6 Å². The quantitative estimate of drug-likeness (QED) is 0.819. The van der Waals surface area contributed by atoms with Gasteiger partial charge in [-0.2, -0.15) is 0 Å². The second kappa shape index (κ2) is 7.10. The molecule has 18 heavy (non-hydrogen) atoms. The molecule has 104 valence electrons. The van der Waals surface area contributed by atoms with Crippen molar-refractivity contribution in [3.63, 3.8) is 0 Å². The number of nitrogens with zero attached hydrogens (tertiary/aromatic N) is 2. The monoisotopic (exact) mass is 253 g/mol. The van der Waals surface area contributed by atoms with Crippen LogP contribution in [0.25, 0.3) is 0 Å². The third-order valence-electron chi connectivity index (χ3n) is 4.21. The zero-order valence-corrected chi connectivity index (χ0v) is 11.4. The van der Waals surface area contributed by atoms with E-state index in [0.717, 1.165) is 58.4 Å². The fourth-order valence-electron chi connectivity index (χ4n) is 2.93. The van der Waals surface area contributed by atoms with Gasteiger partial charge in [-0.1, -0.05) is 0 Å². The Kier molecular flexibility index (Phi) is 5.45. The molecular formula is C14H27N3O. The first-order valence-corrected chi connectivity index (χ1v) is 7.51. The van der Waals surface area contributed by atoms with E-state index in [2.05, 4.69) is 9.80 Å². The van der Waals surface area contributed by atoms with Crippen molar-refractivity contribution >= 4 is 5.91 Å². The van der Waals surface area contributed by atoms with E-state index in [-0.39, 0.29) is 0 Å². The third kappa shape index (κ3) is 4.25. The van der Waals surface area contributed by atoms with Crippen LogP contribution in [-0.4, -0.2) is 54.5 Å². The molecule has 2 aliphatic rings. The van der Waals surface area contributed by atoms with Crippen molar-refractivity contribution in [3.8, 4) is 0 Å². The molecular weight excluding hydrogens is 226 g/mol. The predicted octanol–water partition coefficient (Wildman–Crippen LogP) is 1.20. The number of carbonyl (C=O) groups excluding carboxylic acids is 1. The molecule has 0 saturated carbocycles. The smallest absolute Gasteiger partial charge is 0.222 e. The molecule has 2 fully saturated rings. The maximum Gasteiger partial charge on any atom is 0.222 e. The maximum absolute atomic E-state index is 12.0. The van der Waals surface area contributed by atoms with Crippen LogP contribution in [0.3, 0.4) is 0 Å². The van der Waals surface area contributed by atoms with E-state index < -0.39 is 0 Å².